The van der Waals surface area contributed by atoms with Gasteiger partial charge in [0.25, 0.3) is 5.91 Å². The number of rotatable bonds is 29. The molecule has 1 unspecified atom stereocenters. The van der Waals surface area contributed by atoms with Gasteiger partial charge in [-0.1, -0.05) is 29.3 Å². The number of pyridine rings is 1. The van der Waals surface area contributed by atoms with Crippen molar-refractivity contribution in [1.82, 2.24) is 51.9 Å². The number of carbonyl (C=O) groups excluding carboxylic acids is 5. The lowest BCUT2D eigenvalue weighted by molar-refractivity contribution is -0.136. The Labute approximate surface area is 437 Å². The van der Waals surface area contributed by atoms with Gasteiger partial charge in [0.05, 0.1) is 82.8 Å². The highest BCUT2D eigenvalue weighted by atomic mass is 35.5. The zero-order chi connectivity index (χ0) is 52.2. The molecule has 3 aliphatic rings. The van der Waals surface area contributed by atoms with Crippen LogP contribution in [0.5, 0.6) is 0 Å². The van der Waals surface area contributed by atoms with Crippen LogP contribution in [0.3, 0.4) is 0 Å². The fourth-order valence-electron chi connectivity index (χ4n) is 8.51. The van der Waals surface area contributed by atoms with E-state index in [4.69, 9.17) is 41.3 Å². The summed E-state index contributed by atoms with van der Waals surface area (Å²) in [6.07, 6.45) is 9.13. The summed E-state index contributed by atoms with van der Waals surface area (Å²) in [5.41, 5.74) is 8.95. The summed E-state index contributed by atoms with van der Waals surface area (Å²) in [5.74, 6) is -0.646. The minimum atomic E-state index is -0.929. The number of fused-ring (bicyclic) bond motifs is 1. The highest BCUT2D eigenvalue weighted by Crippen LogP contribution is 2.37. The number of methoxy groups -OCH3 is 1. The molecule has 0 saturated carbocycles. The van der Waals surface area contributed by atoms with Crippen molar-refractivity contribution in [2.45, 2.75) is 87.5 Å². The third-order valence-corrected chi connectivity index (χ3v) is 14.2. The number of halogens is 2. The van der Waals surface area contributed by atoms with Crippen LogP contribution < -0.4 is 37.6 Å². The van der Waals surface area contributed by atoms with E-state index in [1.807, 2.05) is 11.8 Å². The first-order valence-electron chi connectivity index (χ1n) is 24.5. The second kappa shape index (κ2) is 28.1. The number of thioether (sulfide) groups is 1. The van der Waals surface area contributed by atoms with Gasteiger partial charge in [0.1, 0.15) is 29.4 Å². The standard InChI is InChI=1S/C50H62ClFN12O9S/c1-70-49(68)43-39(58-46(31-15-18-54-19-16-31)60-44(43)36-14-11-33(52)26-37(36)51)29-73-28-35-27-64(63-62-35)21-23-72-25-24-71-22-20-56-48(67)38(6-4-5-17-55-47(66)32-9-12-34(53)13-10-32)57-42(65)8-3-2-7-41-45-40(30-74-41)59-50(69)61-45/h9-16,18-19,26-27,38,40-41,44-45H,2-8,17,20-25,28-30,53H2,1H3,(H,55,66)(H,56,67)(H,57,65)(H,58,60)(H2,59,61,69)/t38-,40+,41+,44?,45+/m1/s1. The van der Waals surface area contributed by atoms with Crippen LogP contribution in [0.2, 0.25) is 5.02 Å². The number of hydrogen-bond acceptors (Lipinski definition) is 16. The largest absolute Gasteiger partial charge is 0.466 e. The number of anilines is 1. The van der Waals surface area contributed by atoms with Crippen LogP contribution >= 0.6 is 23.4 Å². The molecule has 24 heteroatoms. The number of amides is 5. The van der Waals surface area contributed by atoms with E-state index in [9.17, 15) is 28.4 Å². The van der Waals surface area contributed by atoms with Crippen LogP contribution in [-0.2, 0) is 46.5 Å². The van der Waals surface area contributed by atoms with Crippen LogP contribution in [0.25, 0.3) is 0 Å². The molecule has 396 valence electrons. The minimum Gasteiger partial charge on any atom is -0.466 e. The Balaban J connectivity index is 0.799. The lowest BCUT2D eigenvalue weighted by Gasteiger charge is -2.28. The van der Waals surface area contributed by atoms with Crippen LogP contribution in [0.4, 0.5) is 14.9 Å². The molecule has 0 bridgehead atoms. The summed E-state index contributed by atoms with van der Waals surface area (Å²) in [4.78, 5) is 72.7. The zero-order valence-electron chi connectivity index (χ0n) is 41.0. The van der Waals surface area contributed by atoms with Crippen molar-refractivity contribution in [2.24, 2.45) is 4.99 Å². The molecular weight excluding hydrogens is 999 g/mol. The van der Waals surface area contributed by atoms with Crippen molar-refractivity contribution < 1.29 is 47.3 Å². The van der Waals surface area contributed by atoms with Crippen molar-refractivity contribution in [3.05, 3.63) is 118 Å². The summed E-state index contributed by atoms with van der Waals surface area (Å²) in [6.45, 7) is 2.11. The number of aliphatic imine (C=N–C) groups is 1. The van der Waals surface area contributed by atoms with Gasteiger partial charge < -0.3 is 56.6 Å². The summed E-state index contributed by atoms with van der Waals surface area (Å²) >= 11 is 8.30. The molecule has 21 nitrogen and oxygen atoms in total. The van der Waals surface area contributed by atoms with Gasteiger partial charge in [0, 0.05) is 70.3 Å². The molecule has 8 N–H and O–H groups in total. The van der Waals surface area contributed by atoms with Crippen molar-refractivity contribution in [3.63, 3.8) is 0 Å². The monoisotopic (exact) mass is 1060 g/mol. The van der Waals surface area contributed by atoms with Gasteiger partial charge in [-0.3, -0.25) is 24.4 Å². The van der Waals surface area contributed by atoms with Gasteiger partial charge >= 0.3 is 12.0 Å². The molecule has 2 saturated heterocycles. The number of nitrogens with one attached hydrogen (secondary N) is 6. The van der Waals surface area contributed by atoms with E-state index < -0.39 is 23.9 Å². The molecule has 3 aliphatic heterocycles. The average molecular weight is 1060 g/mol. The highest BCUT2D eigenvalue weighted by molar-refractivity contribution is 8.00. The van der Waals surface area contributed by atoms with Gasteiger partial charge in [-0.05, 0) is 80.6 Å². The molecule has 2 aromatic heterocycles. The number of amidine groups is 1. The number of benzene rings is 2. The number of nitrogens with zero attached hydrogens (tertiary/aromatic N) is 5. The van der Waals surface area contributed by atoms with Crippen LogP contribution in [0.1, 0.15) is 78.2 Å². The zero-order valence-corrected chi connectivity index (χ0v) is 42.6. The molecular formula is C50H62ClFN12O9S. The summed E-state index contributed by atoms with van der Waals surface area (Å²) in [7, 11) is 1.26. The molecule has 5 atom stereocenters. The number of nitrogen functional groups attached to an aromatic ring is 1. The smallest absolute Gasteiger partial charge is 0.338 e. The first-order chi connectivity index (χ1) is 35.9. The van der Waals surface area contributed by atoms with Crippen molar-refractivity contribution >= 4 is 64.6 Å². The summed E-state index contributed by atoms with van der Waals surface area (Å²) in [6, 6.07) is 12.5. The van der Waals surface area contributed by atoms with Gasteiger partial charge in [-0.2, -0.15) is 11.8 Å². The molecule has 7 rings (SSSR count). The molecule has 0 radical (unpaired) electrons. The first kappa shape index (κ1) is 55.1. The molecule has 2 fully saturated rings. The number of nitrogens with two attached hydrogens (primary N) is 1. The van der Waals surface area contributed by atoms with Crippen LogP contribution in [0, 0.1) is 5.82 Å². The Morgan fingerprint density at radius 3 is 2.51 bits per heavy atom. The maximum Gasteiger partial charge on any atom is 0.338 e. The van der Waals surface area contributed by atoms with E-state index in [2.05, 4.69) is 47.2 Å². The Bertz CT molecular complexity index is 2610. The highest BCUT2D eigenvalue weighted by Gasteiger charge is 2.42. The predicted octanol–water partition coefficient (Wildman–Crippen LogP) is 3.74. The molecule has 0 aliphatic carbocycles. The van der Waals surface area contributed by atoms with Crippen molar-refractivity contribution in [3.8, 4) is 0 Å². The van der Waals surface area contributed by atoms with Crippen LogP contribution in [-0.4, -0.2) is 138 Å². The molecule has 5 heterocycles. The SMILES string of the molecule is COC(=O)C1=C(COCc2cn(CCOCCOCCNC(=O)[C@@H](CCCCNC(=O)c3ccc(N)cc3)NC(=O)CCCC[C@@H]3SC[C@@H]4NC(=O)N[C@@H]43)nn2)NC(c2ccncc2)=NC1c1ccc(F)cc1Cl. The maximum atomic E-state index is 14.0. The number of ether oxygens (including phenoxy) is 4. The predicted molar refractivity (Wildman–Crippen MR) is 274 cm³/mol. The number of carbonyl (C=O) groups is 5. The molecule has 2 aromatic carbocycles. The topological polar surface area (TPSA) is 276 Å². The molecule has 4 aromatic rings. The van der Waals surface area contributed by atoms with E-state index in [0.717, 1.165) is 24.7 Å². The fraction of sp³-hybridized carbons (Fsp3) is 0.460. The third kappa shape index (κ3) is 16.2. The maximum absolute atomic E-state index is 14.0. The third-order valence-electron chi connectivity index (χ3n) is 12.3. The van der Waals surface area contributed by atoms with Gasteiger partial charge in [0.2, 0.25) is 11.8 Å². The number of esters is 1. The first-order valence-corrected chi connectivity index (χ1v) is 25.9. The Morgan fingerprint density at radius 1 is 0.932 bits per heavy atom. The lowest BCUT2D eigenvalue weighted by atomic mass is 9.95. The van der Waals surface area contributed by atoms with E-state index in [-0.39, 0.29) is 92.4 Å². The van der Waals surface area contributed by atoms with Gasteiger partial charge in [-0.25, -0.2) is 18.7 Å². The van der Waals surface area contributed by atoms with E-state index in [1.54, 1.807) is 59.7 Å². The Morgan fingerprint density at radius 2 is 1.73 bits per heavy atom. The number of aromatic nitrogens is 4. The minimum absolute atomic E-state index is 0.0514. The van der Waals surface area contributed by atoms with Crippen LogP contribution in [0.15, 0.2) is 89.5 Å². The van der Waals surface area contributed by atoms with Gasteiger partial charge in [-0.15, -0.1) is 5.10 Å². The number of unbranched alkanes of at least 4 members (excludes halogenated alkanes) is 2. The van der Waals surface area contributed by atoms with Crippen molar-refractivity contribution in [2.75, 3.05) is 64.7 Å². The quantitative estimate of drug-likeness (QED) is 0.0177. The number of hydrogen-bond donors (Lipinski definition) is 7. The van der Waals surface area contributed by atoms with E-state index in [0.29, 0.717) is 90.2 Å². The van der Waals surface area contributed by atoms with Gasteiger partial charge in [0.15, 0.2) is 0 Å². The normalized spacial score (nSPS) is 18.4. The summed E-state index contributed by atoms with van der Waals surface area (Å²) in [5, 5.41) is 26.6. The van der Waals surface area contributed by atoms with Crippen molar-refractivity contribution in [1.29, 1.82) is 0 Å². The number of urea groups is 1. The summed E-state index contributed by atoms with van der Waals surface area (Å²) < 4.78 is 38.2. The second-order valence-electron chi connectivity index (χ2n) is 17.6. The average Bonchev–Trinajstić information content (AvgIpc) is 4.13. The Kier molecular flexibility index (Phi) is 20.9. The lowest BCUT2D eigenvalue weighted by Crippen LogP contribution is -2.47. The molecule has 0 spiro atoms. The van der Waals surface area contributed by atoms with E-state index >= 15 is 0 Å². The fourth-order valence-corrected chi connectivity index (χ4v) is 10.3. The second-order valence-corrected chi connectivity index (χ2v) is 19.3. The molecule has 5 amide bonds. The molecule has 74 heavy (non-hydrogen) atoms. The Hall–Kier alpha value is -6.66. The van der Waals surface area contributed by atoms with E-state index in [1.165, 1.54) is 19.2 Å².